The van der Waals surface area contributed by atoms with Gasteiger partial charge in [0.2, 0.25) is 0 Å². The van der Waals surface area contributed by atoms with E-state index in [1.165, 1.54) is 9.30 Å². The predicted octanol–water partition coefficient (Wildman–Crippen LogP) is 2.77. The number of rotatable bonds is 3. The molecule has 0 spiro atoms. The first kappa shape index (κ1) is 23.5. The minimum Gasteiger partial charge on any atom is -0.353 e. The zero-order valence-electron chi connectivity index (χ0n) is 19.1. The average Bonchev–Trinajstić information content (AvgIpc) is 3.28. The normalized spacial score (nSPS) is 26.2. The Balaban J connectivity index is 1.62. The molecule has 1 amide bonds. The molecule has 3 aliphatic rings. The zero-order chi connectivity index (χ0) is 24.2. The standard InChI is InChI=1S/C23H26N4O4S3/c1-14-6-7-19-24-20(25-9-4-3-5-15(25)2)17(21(28)26(19)12-14)11-18-22(29)27(23(32)33-18)16-8-10-34(30,31)13-16/h6-7,11-12,15-16H,3-5,8-10,13H2,1-2H3/b18-11+. The minimum atomic E-state index is -3.17. The molecule has 5 rings (SSSR count). The summed E-state index contributed by atoms with van der Waals surface area (Å²) < 4.78 is 25.8. The van der Waals surface area contributed by atoms with Crippen molar-refractivity contribution in [2.24, 2.45) is 0 Å². The molecule has 8 nitrogen and oxygen atoms in total. The highest BCUT2D eigenvalue weighted by Gasteiger charge is 2.42. The number of nitrogens with zero attached hydrogens (tertiary/aromatic N) is 4. The lowest BCUT2D eigenvalue weighted by Gasteiger charge is -2.35. The van der Waals surface area contributed by atoms with Crippen LogP contribution in [0.25, 0.3) is 11.7 Å². The molecule has 0 aromatic carbocycles. The Hall–Kier alpha value is -2.24. The van der Waals surface area contributed by atoms with Crippen molar-refractivity contribution in [1.82, 2.24) is 14.3 Å². The number of aryl methyl sites for hydroxylation is 1. The zero-order valence-corrected chi connectivity index (χ0v) is 21.5. The predicted molar refractivity (Wildman–Crippen MR) is 139 cm³/mol. The second kappa shape index (κ2) is 8.76. The minimum absolute atomic E-state index is 0.0556. The Kier molecular flexibility index (Phi) is 6.06. The van der Waals surface area contributed by atoms with Gasteiger partial charge in [0.05, 0.1) is 28.0 Å². The van der Waals surface area contributed by atoms with E-state index in [0.717, 1.165) is 43.1 Å². The van der Waals surface area contributed by atoms with Crippen molar-refractivity contribution in [2.75, 3.05) is 23.0 Å². The fourth-order valence-electron chi connectivity index (χ4n) is 4.91. The Morgan fingerprint density at radius 2 is 2.00 bits per heavy atom. The van der Waals surface area contributed by atoms with Gasteiger partial charge in [0.25, 0.3) is 11.5 Å². The maximum atomic E-state index is 13.7. The van der Waals surface area contributed by atoms with Gasteiger partial charge in [0.15, 0.2) is 9.84 Å². The van der Waals surface area contributed by atoms with Gasteiger partial charge < -0.3 is 4.90 Å². The number of amides is 1. The van der Waals surface area contributed by atoms with Gasteiger partial charge in [0, 0.05) is 18.8 Å². The Bertz CT molecular complexity index is 1400. The summed E-state index contributed by atoms with van der Waals surface area (Å²) in [6.07, 6.45) is 6.87. The molecule has 2 atom stereocenters. The van der Waals surface area contributed by atoms with Gasteiger partial charge in [-0.15, -0.1) is 0 Å². The number of pyridine rings is 1. The third kappa shape index (κ3) is 4.18. The summed E-state index contributed by atoms with van der Waals surface area (Å²) in [5.41, 5.74) is 1.60. The SMILES string of the molecule is Cc1ccc2nc(N3CCCCC3C)c(/C=C3/SC(=S)N(C4CCS(=O)(=O)C4)C3=O)c(=O)n2c1. The second-order valence-electron chi connectivity index (χ2n) is 9.24. The van der Waals surface area contributed by atoms with Crippen molar-refractivity contribution in [3.8, 4) is 0 Å². The van der Waals surface area contributed by atoms with E-state index >= 15 is 0 Å². The lowest BCUT2D eigenvalue weighted by molar-refractivity contribution is -0.123. The number of carbonyl (C=O) groups excluding carboxylic acids is 1. The number of sulfone groups is 1. The lowest BCUT2D eigenvalue weighted by Crippen LogP contribution is -2.40. The molecule has 0 aliphatic carbocycles. The van der Waals surface area contributed by atoms with E-state index in [1.54, 1.807) is 12.3 Å². The number of aromatic nitrogens is 2. The molecule has 2 unspecified atom stereocenters. The van der Waals surface area contributed by atoms with E-state index in [9.17, 15) is 18.0 Å². The number of thiocarbonyl (C=S) groups is 1. The van der Waals surface area contributed by atoms with Crippen molar-refractivity contribution in [1.29, 1.82) is 0 Å². The fourth-order valence-corrected chi connectivity index (χ4v) is 7.99. The Morgan fingerprint density at radius 1 is 1.21 bits per heavy atom. The molecular weight excluding hydrogens is 492 g/mol. The number of anilines is 1. The second-order valence-corrected chi connectivity index (χ2v) is 13.1. The Morgan fingerprint density at radius 3 is 2.71 bits per heavy atom. The molecule has 0 radical (unpaired) electrons. The molecule has 5 heterocycles. The van der Waals surface area contributed by atoms with Crippen molar-refractivity contribution in [3.05, 3.63) is 44.7 Å². The van der Waals surface area contributed by atoms with Gasteiger partial charge in [-0.1, -0.05) is 30.0 Å². The van der Waals surface area contributed by atoms with Crippen molar-refractivity contribution in [2.45, 2.75) is 51.6 Å². The molecule has 0 bridgehead atoms. The van der Waals surface area contributed by atoms with Crippen LogP contribution in [-0.4, -0.2) is 63.1 Å². The van der Waals surface area contributed by atoms with E-state index in [2.05, 4.69) is 11.8 Å². The summed E-state index contributed by atoms with van der Waals surface area (Å²) in [5, 5.41) is 0. The van der Waals surface area contributed by atoms with Crippen molar-refractivity contribution >= 4 is 61.6 Å². The summed E-state index contributed by atoms with van der Waals surface area (Å²) in [6, 6.07) is 3.52. The van der Waals surface area contributed by atoms with E-state index < -0.39 is 15.9 Å². The highest BCUT2D eigenvalue weighted by atomic mass is 32.2. The van der Waals surface area contributed by atoms with Gasteiger partial charge in [-0.05, 0) is 57.2 Å². The molecule has 11 heteroatoms. The van der Waals surface area contributed by atoms with E-state index in [0.29, 0.717) is 32.7 Å². The van der Waals surface area contributed by atoms with Gasteiger partial charge in [-0.2, -0.15) is 0 Å². The monoisotopic (exact) mass is 518 g/mol. The van der Waals surface area contributed by atoms with E-state index in [4.69, 9.17) is 17.2 Å². The topological polar surface area (TPSA) is 92.1 Å². The van der Waals surface area contributed by atoms with Crippen LogP contribution in [0.4, 0.5) is 5.82 Å². The molecule has 0 saturated carbocycles. The van der Waals surface area contributed by atoms with Gasteiger partial charge in [0.1, 0.15) is 15.8 Å². The molecule has 180 valence electrons. The number of fused-ring (bicyclic) bond motifs is 1. The largest absolute Gasteiger partial charge is 0.353 e. The van der Waals surface area contributed by atoms with Crippen LogP contribution in [0.2, 0.25) is 0 Å². The summed E-state index contributed by atoms with van der Waals surface area (Å²) in [4.78, 5) is 35.7. The molecule has 34 heavy (non-hydrogen) atoms. The first-order valence-electron chi connectivity index (χ1n) is 11.4. The number of piperidine rings is 1. The molecule has 3 fully saturated rings. The Labute approximate surface area is 207 Å². The fraction of sp³-hybridized carbons (Fsp3) is 0.478. The van der Waals surface area contributed by atoms with Gasteiger partial charge in [-0.25, -0.2) is 13.4 Å². The third-order valence-corrected chi connectivity index (χ3v) is 9.81. The van der Waals surface area contributed by atoms with Crippen LogP contribution in [0.3, 0.4) is 0 Å². The van der Waals surface area contributed by atoms with Gasteiger partial charge in [-0.3, -0.25) is 18.9 Å². The molecule has 2 aromatic rings. The molecular formula is C23H26N4O4S3. The smallest absolute Gasteiger partial charge is 0.267 e. The molecule has 3 aliphatic heterocycles. The van der Waals surface area contributed by atoms with Crippen molar-refractivity contribution in [3.63, 3.8) is 0 Å². The number of hydrogen-bond acceptors (Lipinski definition) is 8. The third-order valence-electron chi connectivity index (χ3n) is 6.73. The molecule has 0 N–H and O–H groups in total. The van der Waals surface area contributed by atoms with Crippen LogP contribution in [0.1, 0.15) is 43.7 Å². The van der Waals surface area contributed by atoms with E-state index in [-0.39, 0.29) is 29.0 Å². The van der Waals surface area contributed by atoms with Crippen LogP contribution in [0.15, 0.2) is 28.0 Å². The van der Waals surface area contributed by atoms with Crippen LogP contribution < -0.4 is 10.5 Å². The summed E-state index contributed by atoms with van der Waals surface area (Å²) >= 11 is 6.57. The molecule has 2 aromatic heterocycles. The van der Waals surface area contributed by atoms with Crippen LogP contribution in [-0.2, 0) is 14.6 Å². The van der Waals surface area contributed by atoms with Crippen LogP contribution in [0.5, 0.6) is 0 Å². The first-order valence-corrected chi connectivity index (χ1v) is 14.5. The summed E-state index contributed by atoms with van der Waals surface area (Å²) in [6.45, 7) is 4.83. The van der Waals surface area contributed by atoms with Crippen LogP contribution >= 0.6 is 24.0 Å². The molecule has 3 saturated heterocycles. The highest BCUT2D eigenvalue weighted by Crippen LogP contribution is 2.37. The van der Waals surface area contributed by atoms with Crippen LogP contribution in [0, 0.1) is 6.92 Å². The summed E-state index contributed by atoms with van der Waals surface area (Å²) in [7, 11) is -3.17. The first-order chi connectivity index (χ1) is 16.1. The maximum absolute atomic E-state index is 13.7. The maximum Gasteiger partial charge on any atom is 0.267 e. The quantitative estimate of drug-likeness (QED) is 0.453. The summed E-state index contributed by atoms with van der Waals surface area (Å²) in [5.74, 6) is 0.209. The number of thioether (sulfide) groups is 1. The van der Waals surface area contributed by atoms with E-state index in [1.807, 2.05) is 19.1 Å². The van der Waals surface area contributed by atoms with Crippen molar-refractivity contribution < 1.29 is 13.2 Å². The highest BCUT2D eigenvalue weighted by molar-refractivity contribution is 8.26. The number of carbonyl (C=O) groups is 1. The number of hydrogen-bond donors (Lipinski definition) is 0. The van der Waals surface area contributed by atoms with Gasteiger partial charge >= 0.3 is 0 Å². The lowest BCUT2D eigenvalue weighted by atomic mass is 10.0. The average molecular weight is 519 g/mol.